The van der Waals surface area contributed by atoms with Crippen LogP contribution in [0.15, 0.2) is 18.0 Å². The van der Waals surface area contributed by atoms with Crippen LogP contribution in [0.1, 0.15) is 52.0 Å². The summed E-state index contributed by atoms with van der Waals surface area (Å²) in [6.45, 7) is 8.79. The van der Waals surface area contributed by atoms with Gasteiger partial charge in [0.25, 0.3) is 0 Å². The van der Waals surface area contributed by atoms with Crippen molar-refractivity contribution in [3.05, 3.63) is 23.5 Å². The molecule has 7 heteroatoms. The molecule has 4 N–H and O–H groups in total. The minimum absolute atomic E-state index is 0.00514. The topological polar surface area (TPSA) is 104 Å². The van der Waals surface area contributed by atoms with E-state index in [-0.39, 0.29) is 17.9 Å². The Morgan fingerprint density at radius 1 is 1.56 bits per heavy atom. The van der Waals surface area contributed by atoms with Gasteiger partial charge in [-0.3, -0.25) is 4.79 Å². The number of allylic oxidation sites excluding steroid dienone is 1. The molecule has 1 aliphatic heterocycles. The van der Waals surface area contributed by atoms with E-state index in [0.717, 1.165) is 12.0 Å². The van der Waals surface area contributed by atoms with Gasteiger partial charge in [-0.05, 0) is 32.6 Å². The number of aliphatic hydroxyl groups is 1. The molecule has 0 radical (unpaired) electrons. The highest BCUT2D eigenvalue weighted by Gasteiger charge is 2.31. The van der Waals surface area contributed by atoms with Crippen molar-refractivity contribution < 1.29 is 9.90 Å². The summed E-state index contributed by atoms with van der Waals surface area (Å²) in [4.78, 5) is 22.6. The minimum Gasteiger partial charge on any atom is -0.391 e. The Hall–Kier alpha value is -2.15. The van der Waals surface area contributed by atoms with Crippen molar-refractivity contribution >= 4 is 17.5 Å². The zero-order chi connectivity index (χ0) is 18.6. The first-order valence-electron chi connectivity index (χ1n) is 8.86. The van der Waals surface area contributed by atoms with E-state index in [2.05, 4.69) is 29.1 Å². The zero-order valence-electron chi connectivity index (χ0n) is 15.5. The number of rotatable bonds is 5. The quantitative estimate of drug-likeness (QED) is 0.703. The molecule has 0 aliphatic carbocycles. The Kier molecular flexibility index (Phi) is 6.36. The molecule has 138 valence electrons. The molecule has 1 aromatic rings. The van der Waals surface area contributed by atoms with Gasteiger partial charge in [-0.25, -0.2) is 9.97 Å². The van der Waals surface area contributed by atoms with Gasteiger partial charge in [0.05, 0.1) is 12.1 Å². The molecule has 0 spiro atoms. The van der Waals surface area contributed by atoms with Gasteiger partial charge in [0, 0.05) is 24.2 Å². The number of nitrogens with two attached hydrogens (primary N) is 1. The molecule has 0 aromatic carbocycles. The standard InChI is InChI=1S/C18H29N5O2/c1-5-11(3)15-16(19)20-10-21-17(15)22-13-9-23(8-7-14(13)24)18(25)12(4)6-2/h6,10-11,13-14,24H,5,7-9H2,1-4H3,(H3,19,20,21,22)/b12-6-/t11-,13+,14?/m1/s1. The highest BCUT2D eigenvalue weighted by Crippen LogP contribution is 2.30. The molecule has 1 aromatic heterocycles. The average molecular weight is 347 g/mol. The number of carbonyl (C=O) groups is 1. The van der Waals surface area contributed by atoms with Crippen LogP contribution in [0.25, 0.3) is 0 Å². The Balaban J connectivity index is 2.21. The van der Waals surface area contributed by atoms with Crippen LogP contribution in [0.4, 0.5) is 11.6 Å². The van der Waals surface area contributed by atoms with Gasteiger partial charge in [-0.15, -0.1) is 0 Å². The van der Waals surface area contributed by atoms with Crippen LogP contribution in [0.5, 0.6) is 0 Å². The summed E-state index contributed by atoms with van der Waals surface area (Å²) in [6.07, 6.45) is 4.12. The summed E-state index contributed by atoms with van der Waals surface area (Å²) in [5.74, 6) is 1.30. The van der Waals surface area contributed by atoms with Crippen LogP contribution in [0.2, 0.25) is 0 Å². The predicted octanol–water partition coefficient (Wildman–Crippen LogP) is 1.91. The largest absolute Gasteiger partial charge is 0.391 e. The number of anilines is 2. The number of amides is 1. The van der Waals surface area contributed by atoms with E-state index < -0.39 is 6.10 Å². The van der Waals surface area contributed by atoms with Gasteiger partial charge in [-0.1, -0.05) is 19.9 Å². The lowest BCUT2D eigenvalue weighted by molar-refractivity contribution is -0.129. The van der Waals surface area contributed by atoms with Crippen molar-refractivity contribution in [2.75, 3.05) is 24.1 Å². The van der Waals surface area contributed by atoms with Crippen molar-refractivity contribution in [2.45, 2.75) is 58.6 Å². The van der Waals surface area contributed by atoms with Gasteiger partial charge in [0.1, 0.15) is 18.0 Å². The number of piperidine rings is 1. The van der Waals surface area contributed by atoms with Crippen molar-refractivity contribution in [1.82, 2.24) is 14.9 Å². The molecule has 3 atom stereocenters. The number of nitrogens with zero attached hydrogens (tertiary/aromatic N) is 3. The number of likely N-dealkylation sites (tertiary alicyclic amines) is 1. The maximum Gasteiger partial charge on any atom is 0.249 e. The van der Waals surface area contributed by atoms with E-state index in [4.69, 9.17) is 5.73 Å². The van der Waals surface area contributed by atoms with Crippen LogP contribution < -0.4 is 11.1 Å². The van der Waals surface area contributed by atoms with Crippen molar-refractivity contribution in [3.63, 3.8) is 0 Å². The van der Waals surface area contributed by atoms with Crippen LogP contribution in [0, 0.1) is 0 Å². The zero-order valence-corrected chi connectivity index (χ0v) is 15.5. The maximum atomic E-state index is 12.4. The molecular formula is C18H29N5O2. The van der Waals surface area contributed by atoms with Gasteiger partial charge in [-0.2, -0.15) is 0 Å². The van der Waals surface area contributed by atoms with E-state index >= 15 is 0 Å². The second-order valence-electron chi connectivity index (χ2n) is 6.66. The van der Waals surface area contributed by atoms with Gasteiger partial charge < -0.3 is 21.1 Å². The molecule has 1 unspecified atom stereocenters. The van der Waals surface area contributed by atoms with E-state index in [1.165, 1.54) is 6.33 Å². The number of nitrogens with one attached hydrogen (secondary N) is 1. The number of hydrogen-bond acceptors (Lipinski definition) is 6. The number of aliphatic hydroxyl groups excluding tert-OH is 1. The Bertz CT molecular complexity index is 646. The lowest BCUT2D eigenvalue weighted by atomic mass is 9.97. The molecule has 1 fully saturated rings. The first-order valence-corrected chi connectivity index (χ1v) is 8.86. The summed E-state index contributed by atoms with van der Waals surface area (Å²) in [5, 5.41) is 13.7. The summed E-state index contributed by atoms with van der Waals surface area (Å²) < 4.78 is 0. The first kappa shape index (κ1) is 19.2. The van der Waals surface area contributed by atoms with Crippen LogP contribution in [-0.4, -0.2) is 51.1 Å². The molecule has 0 bridgehead atoms. The first-order chi connectivity index (χ1) is 11.9. The molecule has 7 nitrogen and oxygen atoms in total. The third-order valence-corrected chi connectivity index (χ3v) is 4.98. The van der Waals surface area contributed by atoms with Crippen LogP contribution >= 0.6 is 0 Å². The smallest absolute Gasteiger partial charge is 0.249 e. The van der Waals surface area contributed by atoms with E-state index in [0.29, 0.717) is 36.7 Å². The molecule has 1 saturated heterocycles. The second-order valence-corrected chi connectivity index (χ2v) is 6.66. The summed E-state index contributed by atoms with van der Waals surface area (Å²) in [5.41, 5.74) is 7.62. The highest BCUT2D eigenvalue weighted by molar-refractivity contribution is 5.92. The Labute approximate surface area is 149 Å². The molecule has 2 rings (SSSR count). The highest BCUT2D eigenvalue weighted by atomic mass is 16.3. The molecular weight excluding hydrogens is 318 g/mol. The molecule has 25 heavy (non-hydrogen) atoms. The molecule has 2 heterocycles. The maximum absolute atomic E-state index is 12.4. The fourth-order valence-corrected chi connectivity index (χ4v) is 3.03. The van der Waals surface area contributed by atoms with Crippen LogP contribution in [-0.2, 0) is 4.79 Å². The lowest BCUT2D eigenvalue weighted by Gasteiger charge is -2.37. The van der Waals surface area contributed by atoms with Gasteiger partial charge in [0.2, 0.25) is 5.91 Å². The monoisotopic (exact) mass is 347 g/mol. The summed E-state index contributed by atoms with van der Waals surface area (Å²) in [6, 6.07) is -0.292. The predicted molar refractivity (Wildman–Crippen MR) is 99.2 cm³/mol. The molecule has 1 aliphatic rings. The number of nitrogen functional groups attached to an aromatic ring is 1. The number of carbonyl (C=O) groups excluding carboxylic acids is 1. The van der Waals surface area contributed by atoms with E-state index in [1.807, 2.05) is 19.9 Å². The average Bonchev–Trinajstić information content (AvgIpc) is 2.61. The molecule has 0 saturated carbocycles. The lowest BCUT2D eigenvalue weighted by Crippen LogP contribution is -2.52. The number of hydrogen-bond donors (Lipinski definition) is 3. The summed E-state index contributed by atoms with van der Waals surface area (Å²) in [7, 11) is 0. The fourth-order valence-electron chi connectivity index (χ4n) is 3.03. The Morgan fingerprint density at radius 3 is 2.92 bits per heavy atom. The van der Waals surface area contributed by atoms with E-state index in [1.54, 1.807) is 4.90 Å². The summed E-state index contributed by atoms with van der Waals surface area (Å²) >= 11 is 0. The van der Waals surface area contributed by atoms with Gasteiger partial charge >= 0.3 is 0 Å². The van der Waals surface area contributed by atoms with Crippen molar-refractivity contribution in [3.8, 4) is 0 Å². The van der Waals surface area contributed by atoms with Gasteiger partial charge in [0.15, 0.2) is 0 Å². The number of aromatic nitrogens is 2. The van der Waals surface area contributed by atoms with Crippen molar-refractivity contribution in [2.24, 2.45) is 0 Å². The SMILES string of the molecule is C/C=C(/C)C(=O)N1CCC(O)[C@@H](Nc2ncnc(N)c2[C@H](C)CC)C1. The third kappa shape index (κ3) is 4.28. The fraction of sp³-hybridized carbons (Fsp3) is 0.611. The minimum atomic E-state index is -0.545. The van der Waals surface area contributed by atoms with Crippen LogP contribution in [0.3, 0.4) is 0 Å². The normalized spacial score (nSPS) is 22.6. The Morgan fingerprint density at radius 2 is 2.28 bits per heavy atom. The second kappa shape index (κ2) is 8.29. The van der Waals surface area contributed by atoms with Crippen molar-refractivity contribution in [1.29, 1.82) is 0 Å². The third-order valence-electron chi connectivity index (χ3n) is 4.98. The van der Waals surface area contributed by atoms with E-state index in [9.17, 15) is 9.90 Å². The molecule has 1 amide bonds.